The number of H-pyrrole nitrogens is 1. The molecule has 2 fully saturated rings. The van der Waals surface area contributed by atoms with Gasteiger partial charge in [-0.3, -0.25) is 19.2 Å². The van der Waals surface area contributed by atoms with Crippen LogP contribution in [0.2, 0.25) is 0 Å². The van der Waals surface area contributed by atoms with Crippen molar-refractivity contribution in [3.8, 4) is 22.5 Å². The Balaban J connectivity index is 0.000000477. The predicted molar refractivity (Wildman–Crippen MR) is 182 cm³/mol. The number of nitrogens with two attached hydrogens (primary N) is 1. The van der Waals surface area contributed by atoms with Gasteiger partial charge in [0.1, 0.15) is 28.6 Å². The lowest BCUT2D eigenvalue weighted by Crippen LogP contribution is -2.33. The first kappa shape index (κ1) is 34.2. The van der Waals surface area contributed by atoms with Crippen LogP contribution in [0.4, 0.5) is 20.2 Å². The molecule has 3 aliphatic rings. The van der Waals surface area contributed by atoms with E-state index in [1.807, 2.05) is 0 Å². The summed E-state index contributed by atoms with van der Waals surface area (Å²) in [6.07, 6.45) is 2.85. The number of halogens is 2. The minimum atomic E-state index is -1.45. The second-order valence-corrected chi connectivity index (χ2v) is 12.6. The molecule has 3 amide bonds. The van der Waals surface area contributed by atoms with Crippen LogP contribution in [0.5, 0.6) is 0 Å². The summed E-state index contributed by atoms with van der Waals surface area (Å²) in [5, 5.41) is 17.6. The van der Waals surface area contributed by atoms with Crippen LogP contribution in [0.15, 0.2) is 54.6 Å². The van der Waals surface area contributed by atoms with Crippen molar-refractivity contribution in [3.63, 3.8) is 0 Å². The molecular formula is C36H37F2N7O5. The van der Waals surface area contributed by atoms with E-state index in [1.165, 1.54) is 49.2 Å². The van der Waals surface area contributed by atoms with Gasteiger partial charge in [-0.1, -0.05) is 6.07 Å². The zero-order valence-corrected chi connectivity index (χ0v) is 27.4. The largest absolute Gasteiger partial charge is 0.480 e. The topological polar surface area (TPSA) is 183 Å². The molecule has 50 heavy (non-hydrogen) atoms. The van der Waals surface area contributed by atoms with Crippen molar-refractivity contribution in [2.24, 2.45) is 5.41 Å². The van der Waals surface area contributed by atoms with Gasteiger partial charge in [-0.15, -0.1) is 0 Å². The Kier molecular flexibility index (Phi) is 9.64. The molecule has 3 aromatic carbocycles. The first-order chi connectivity index (χ1) is 24.0. The number of aryl methyl sites for hydroxylation is 1. The summed E-state index contributed by atoms with van der Waals surface area (Å²) < 4.78 is 27.4. The molecule has 12 nitrogen and oxygen atoms in total. The molecule has 2 aliphatic heterocycles. The molecule has 14 heteroatoms. The number of anilines is 2. The number of hydrogen-bond donors (Lipinski definition) is 6. The number of nitrogens with zero attached hydrogens (tertiary/aromatic N) is 2. The van der Waals surface area contributed by atoms with Gasteiger partial charge in [0.15, 0.2) is 0 Å². The van der Waals surface area contributed by atoms with Crippen molar-refractivity contribution in [2.45, 2.75) is 39.2 Å². The summed E-state index contributed by atoms with van der Waals surface area (Å²) in [4.78, 5) is 59.6. The minimum Gasteiger partial charge on any atom is -0.480 e. The first-order valence-electron chi connectivity index (χ1n) is 16.3. The predicted octanol–water partition coefficient (Wildman–Crippen LogP) is 4.47. The van der Waals surface area contributed by atoms with Crippen molar-refractivity contribution in [2.75, 3.05) is 37.2 Å². The molecule has 0 atom stereocenters. The number of likely N-dealkylation sites (tertiary alicyclic amines) is 1. The number of aromatic nitrogens is 2. The fraction of sp³-hybridized carbons (Fsp3) is 0.306. The van der Waals surface area contributed by atoms with Gasteiger partial charge in [0.25, 0.3) is 11.8 Å². The lowest BCUT2D eigenvalue weighted by Gasteiger charge is -2.14. The molecule has 1 saturated heterocycles. The molecule has 4 aromatic rings. The van der Waals surface area contributed by atoms with Crippen LogP contribution >= 0.6 is 0 Å². The third kappa shape index (κ3) is 7.06. The smallest absolute Gasteiger partial charge is 0.319 e. The van der Waals surface area contributed by atoms with Gasteiger partial charge in [-0.2, -0.15) is 0 Å². The zero-order valence-electron chi connectivity index (χ0n) is 27.4. The van der Waals surface area contributed by atoms with Crippen molar-refractivity contribution in [1.82, 2.24) is 25.5 Å². The number of rotatable bonds is 9. The summed E-state index contributed by atoms with van der Waals surface area (Å²) >= 11 is 0. The Morgan fingerprint density at radius 1 is 1.00 bits per heavy atom. The van der Waals surface area contributed by atoms with Crippen molar-refractivity contribution < 1.29 is 33.1 Å². The molecule has 1 aliphatic carbocycles. The summed E-state index contributed by atoms with van der Waals surface area (Å²) in [7, 11) is 0. The highest BCUT2D eigenvalue weighted by Crippen LogP contribution is 2.47. The van der Waals surface area contributed by atoms with Crippen LogP contribution in [0, 0.1) is 24.0 Å². The van der Waals surface area contributed by atoms with E-state index in [0.29, 0.717) is 51.7 Å². The maximum atomic E-state index is 15.4. The number of carbonyl (C=O) groups excluding carboxylic acids is 3. The molecule has 3 heterocycles. The van der Waals surface area contributed by atoms with Crippen LogP contribution in [0.25, 0.3) is 22.5 Å². The number of nitrogens with one attached hydrogen (secondary N) is 4. The van der Waals surface area contributed by atoms with Gasteiger partial charge in [0.2, 0.25) is 5.91 Å². The second-order valence-electron chi connectivity index (χ2n) is 12.6. The first-order valence-corrected chi connectivity index (χ1v) is 16.3. The lowest BCUT2D eigenvalue weighted by molar-refractivity contribution is -0.147. The van der Waals surface area contributed by atoms with E-state index in [1.54, 1.807) is 19.1 Å². The number of carboxylic acid groups (broad SMARTS) is 1. The number of amides is 3. The Morgan fingerprint density at radius 3 is 2.32 bits per heavy atom. The van der Waals surface area contributed by atoms with E-state index >= 15 is 4.39 Å². The fourth-order valence-electron chi connectivity index (χ4n) is 6.22. The van der Waals surface area contributed by atoms with E-state index in [0.717, 1.165) is 25.7 Å². The second kappa shape index (κ2) is 14.1. The average Bonchev–Trinajstić information content (AvgIpc) is 3.34. The van der Waals surface area contributed by atoms with Gasteiger partial charge < -0.3 is 36.7 Å². The standard InChI is InChI=1S/C30H31FN6O5.C6H6FN/c1-16-24(27(39)32-10-13-37-11-2-3-12-37)36-25(34-16)20-7-6-18(21-15-33-26(38)23(20)21)19-5-4-17(14-22(19)31)35-28(40)30(8-9-30)29(41)42;7-5-1-3-6(8)4-2-5/h4-7,14H,2-3,8-13,15H2,1H3,(H,32,39)(H,33,38)(H,34,36)(H,35,40)(H,41,42);1-4H,8H2. The van der Waals surface area contributed by atoms with E-state index in [2.05, 4.69) is 30.8 Å². The number of carboxylic acids is 1. The Morgan fingerprint density at radius 2 is 1.68 bits per heavy atom. The monoisotopic (exact) mass is 685 g/mol. The van der Waals surface area contributed by atoms with Gasteiger partial charge in [-0.25, -0.2) is 13.8 Å². The van der Waals surface area contributed by atoms with E-state index < -0.39 is 23.1 Å². The Bertz CT molecular complexity index is 1950. The Labute approximate surface area is 286 Å². The van der Waals surface area contributed by atoms with Crippen molar-refractivity contribution in [3.05, 3.63) is 88.7 Å². The number of imidazole rings is 1. The van der Waals surface area contributed by atoms with Crippen molar-refractivity contribution in [1.29, 1.82) is 0 Å². The highest BCUT2D eigenvalue weighted by atomic mass is 19.1. The van der Waals surface area contributed by atoms with Crippen LogP contribution < -0.4 is 21.7 Å². The normalized spacial score (nSPS) is 15.8. The van der Waals surface area contributed by atoms with Crippen LogP contribution in [-0.2, 0) is 16.1 Å². The molecule has 7 rings (SSSR count). The molecule has 0 bridgehead atoms. The molecule has 0 radical (unpaired) electrons. The zero-order chi connectivity index (χ0) is 35.6. The highest BCUT2D eigenvalue weighted by molar-refractivity contribution is 6.11. The van der Waals surface area contributed by atoms with Crippen LogP contribution in [0.1, 0.15) is 57.8 Å². The highest BCUT2D eigenvalue weighted by Gasteiger charge is 2.57. The minimum absolute atomic E-state index is 0.147. The van der Waals surface area contributed by atoms with Crippen molar-refractivity contribution >= 4 is 35.1 Å². The maximum Gasteiger partial charge on any atom is 0.319 e. The third-order valence-corrected chi connectivity index (χ3v) is 9.23. The number of hydrogen-bond acceptors (Lipinski definition) is 7. The van der Waals surface area contributed by atoms with E-state index in [-0.39, 0.29) is 48.3 Å². The molecule has 0 unspecified atom stereocenters. The fourth-order valence-corrected chi connectivity index (χ4v) is 6.22. The molecule has 1 saturated carbocycles. The van der Waals surface area contributed by atoms with E-state index in [9.17, 15) is 28.7 Å². The summed E-state index contributed by atoms with van der Waals surface area (Å²) in [6.45, 7) is 5.30. The number of benzene rings is 3. The number of aliphatic carboxylic acids is 1. The molecule has 0 spiro atoms. The molecular weight excluding hydrogens is 648 g/mol. The third-order valence-electron chi connectivity index (χ3n) is 9.23. The van der Waals surface area contributed by atoms with Gasteiger partial charge in [0, 0.05) is 42.1 Å². The quantitative estimate of drug-likeness (QED) is 0.110. The summed E-state index contributed by atoms with van der Waals surface area (Å²) in [5.41, 5.74) is 7.51. The summed E-state index contributed by atoms with van der Waals surface area (Å²) in [6, 6.07) is 13.2. The molecule has 1 aromatic heterocycles. The summed E-state index contributed by atoms with van der Waals surface area (Å²) in [5.74, 6) is -2.99. The average molecular weight is 686 g/mol. The number of aromatic amines is 1. The van der Waals surface area contributed by atoms with E-state index in [4.69, 9.17) is 5.73 Å². The number of nitrogen functional groups attached to an aromatic ring is 1. The Hall–Kier alpha value is -5.63. The van der Waals surface area contributed by atoms with Crippen LogP contribution in [-0.4, -0.2) is 69.8 Å². The maximum absolute atomic E-state index is 15.4. The number of fused-ring (bicyclic) bond motifs is 1. The van der Waals surface area contributed by atoms with Gasteiger partial charge in [0.05, 0.1) is 11.3 Å². The SMILES string of the molecule is Cc1nc(-c2ccc(-c3ccc(NC(=O)C4(C(=O)O)CC4)cc3F)c3c2C(=O)NC3)[nH]c1C(=O)NCCN1CCCC1.Nc1ccc(F)cc1. The van der Waals surface area contributed by atoms with Gasteiger partial charge >= 0.3 is 5.97 Å². The molecule has 7 N–H and O–H groups in total. The van der Waals surface area contributed by atoms with Gasteiger partial charge in [-0.05, 0) is 105 Å². The molecule has 260 valence electrons. The lowest BCUT2D eigenvalue weighted by atomic mass is 9.92. The van der Waals surface area contributed by atoms with Crippen LogP contribution in [0.3, 0.4) is 0 Å². The number of carbonyl (C=O) groups is 4.